The predicted octanol–water partition coefficient (Wildman–Crippen LogP) is 6.09. The van der Waals surface area contributed by atoms with Gasteiger partial charge in [-0.25, -0.2) is 0 Å². The van der Waals surface area contributed by atoms with E-state index in [1.807, 2.05) is 27.8 Å². The highest BCUT2D eigenvalue weighted by molar-refractivity contribution is 8.77. The molecule has 0 aromatic heterocycles. The summed E-state index contributed by atoms with van der Waals surface area (Å²) in [7, 11) is 5.39. The fraction of sp³-hybridized carbons (Fsp3) is 0.533. The Bertz CT molecular complexity index is 1120. The molecule has 8 heteroatoms. The Morgan fingerprint density at radius 1 is 1.16 bits per heavy atom. The minimum atomic E-state index is -0.239. The van der Waals surface area contributed by atoms with Crippen molar-refractivity contribution in [3.05, 3.63) is 52.8 Å². The molecule has 0 radical (unpaired) electrons. The lowest BCUT2D eigenvalue weighted by Crippen LogP contribution is -2.47. The van der Waals surface area contributed by atoms with Crippen LogP contribution < -0.4 is 15.8 Å². The van der Waals surface area contributed by atoms with Crippen molar-refractivity contribution >= 4 is 39.2 Å². The minimum Gasteiger partial charge on any atom is -0.504 e. The Kier molecular flexibility index (Phi) is 10.1. The van der Waals surface area contributed by atoms with E-state index in [0.717, 1.165) is 48.1 Å². The van der Waals surface area contributed by atoms with E-state index < -0.39 is 0 Å². The van der Waals surface area contributed by atoms with Gasteiger partial charge in [0, 0.05) is 18.4 Å². The van der Waals surface area contributed by atoms with Gasteiger partial charge in [-0.3, -0.25) is 9.59 Å². The number of fused-ring (bicyclic) bond motifs is 3. The van der Waals surface area contributed by atoms with E-state index in [2.05, 4.69) is 18.3 Å². The van der Waals surface area contributed by atoms with Crippen molar-refractivity contribution in [3.8, 4) is 11.5 Å². The molecule has 3 aliphatic rings. The summed E-state index contributed by atoms with van der Waals surface area (Å²) in [5, 5.41) is 13.9. The lowest BCUT2D eigenvalue weighted by atomic mass is 9.79. The molecule has 1 fully saturated rings. The van der Waals surface area contributed by atoms with Crippen LogP contribution >= 0.6 is 21.6 Å². The van der Waals surface area contributed by atoms with Crippen LogP contribution in [0, 0.1) is 5.92 Å². The summed E-state index contributed by atoms with van der Waals surface area (Å²) in [6.45, 7) is 2.18. The molecule has 2 aliphatic heterocycles. The van der Waals surface area contributed by atoms with Crippen molar-refractivity contribution < 1.29 is 19.4 Å². The maximum atomic E-state index is 12.6. The number of aromatic hydroxyl groups is 1. The molecular weight excluding hydrogens is 516 g/mol. The Morgan fingerprint density at radius 2 is 1.95 bits per heavy atom. The van der Waals surface area contributed by atoms with E-state index in [1.54, 1.807) is 18.2 Å². The van der Waals surface area contributed by atoms with Crippen LogP contribution in [0.4, 0.5) is 0 Å². The normalized spacial score (nSPS) is 24.9. The number of benzene rings is 1. The number of dihydropyridines is 1. The van der Waals surface area contributed by atoms with Crippen molar-refractivity contribution in [1.82, 2.24) is 5.32 Å². The summed E-state index contributed by atoms with van der Waals surface area (Å²) in [6.07, 6.45) is 15.8. The summed E-state index contributed by atoms with van der Waals surface area (Å²) in [6, 6.07) is 3.43. The van der Waals surface area contributed by atoms with Crippen LogP contribution in [0.1, 0.15) is 75.8 Å². The van der Waals surface area contributed by atoms with E-state index in [0.29, 0.717) is 24.5 Å². The van der Waals surface area contributed by atoms with Gasteiger partial charge in [0.05, 0.1) is 24.4 Å². The number of Topliss-reactive ketones (excluding diaryl/α,β-unsaturated/α-hetero) is 1. The summed E-state index contributed by atoms with van der Waals surface area (Å²) in [5.41, 5.74) is 10.6. The van der Waals surface area contributed by atoms with E-state index in [-0.39, 0.29) is 34.6 Å². The number of nitrogens with two attached hydrogens (primary N) is 1. The van der Waals surface area contributed by atoms with Crippen molar-refractivity contribution in [2.45, 2.75) is 82.0 Å². The number of hydrogen-bond acceptors (Lipinski definition) is 8. The number of ether oxygens (including phenoxy) is 1. The lowest BCUT2D eigenvalue weighted by molar-refractivity contribution is -0.124. The van der Waals surface area contributed by atoms with Crippen molar-refractivity contribution in [3.63, 3.8) is 0 Å². The van der Waals surface area contributed by atoms with E-state index in [1.165, 1.54) is 38.0 Å². The molecule has 2 heterocycles. The number of rotatable bonds is 2. The average molecular weight is 557 g/mol. The predicted molar refractivity (Wildman–Crippen MR) is 158 cm³/mol. The third kappa shape index (κ3) is 7.07. The molecule has 0 saturated heterocycles. The second-order valence-corrected chi connectivity index (χ2v) is 13.3. The van der Waals surface area contributed by atoms with Gasteiger partial charge in [-0.05, 0) is 72.1 Å². The van der Waals surface area contributed by atoms with Gasteiger partial charge in [0.1, 0.15) is 5.78 Å². The summed E-state index contributed by atoms with van der Waals surface area (Å²) in [5.74, 6) is 1.60. The number of carbonyl (C=O) groups excluding carboxylic acids is 2. The zero-order valence-electron chi connectivity index (χ0n) is 22.5. The molecule has 1 aromatic carbocycles. The molecule has 1 aromatic rings. The molecule has 38 heavy (non-hydrogen) atoms. The molecule has 0 amide bonds. The van der Waals surface area contributed by atoms with Crippen molar-refractivity contribution in [1.29, 1.82) is 0 Å². The van der Waals surface area contributed by atoms with Gasteiger partial charge >= 0.3 is 0 Å². The number of allylic oxidation sites excluding steroid dienone is 3. The standard InChI is InChI=1S/C30H40N2O4S2/c1-3-20-7-9-24(33)17-25(34)10-8-22-16-28(36-2)27(35)15-23(22)13-21-14-26(29(31)32-18-21)30(38-37-19-20)11-5-4-6-12-30/h8,10,14-16,18,20,29,32,35H,3-7,9,11-13,17,19,31H2,1-2H3. The third-order valence-electron chi connectivity index (χ3n) is 7.90. The highest BCUT2D eigenvalue weighted by Gasteiger charge is 2.40. The molecule has 2 atom stereocenters. The molecule has 6 nitrogen and oxygen atoms in total. The van der Waals surface area contributed by atoms with Crippen LogP contribution in [-0.4, -0.2) is 40.4 Å². The number of hydrogen-bond donors (Lipinski definition) is 3. The maximum absolute atomic E-state index is 12.6. The van der Waals surface area contributed by atoms with Crippen LogP contribution in [-0.2, 0) is 16.0 Å². The summed E-state index contributed by atoms with van der Waals surface area (Å²) in [4.78, 5) is 25.2. The largest absolute Gasteiger partial charge is 0.504 e. The molecule has 1 aliphatic carbocycles. The first-order valence-corrected chi connectivity index (χ1v) is 16.0. The topological polar surface area (TPSA) is 102 Å². The molecule has 4 rings (SSSR count). The maximum Gasteiger partial charge on any atom is 0.163 e. The third-order valence-corrected chi connectivity index (χ3v) is 11.3. The monoisotopic (exact) mass is 556 g/mol. The fourth-order valence-corrected chi connectivity index (χ4v) is 9.41. The van der Waals surface area contributed by atoms with Crippen LogP contribution in [0.2, 0.25) is 0 Å². The number of ketones is 2. The molecule has 2 bridgehead atoms. The van der Waals surface area contributed by atoms with Gasteiger partial charge in [0.15, 0.2) is 17.3 Å². The van der Waals surface area contributed by atoms with Crippen LogP contribution in [0.15, 0.2) is 41.6 Å². The van der Waals surface area contributed by atoms with Gasteiger partial charge in [-0.1, -0.05) is 66.3 Å². The molecule has 1 spiro atoms. The van der Waals surface area contributed by atoms with Crippen LogP contribution in [0.3, 0.4) is 0 Å². The minimum absolute atomic E-state index is 0.00831. The van der Waals surface area contributed by atoms with Crippen LogP contribution in [0.5, 0.6) is 11.5 Å². The molecule has 206 valence electrons. The Morgan fingerprint density at radius 3 is 2.68 bits per heavy atom. The Balaban J connectivity index is 1.73. The highest BCUT2D eigenvalue weighted by atomic mass is 33.1. The molecule has 1 saturated carbocycles. The first-order chi connectivity index (χ1) is 18.3. The SMILES string of the molecule is CCC1CCC(=O)CC(=O)C=Cc2cc(OC)c(O)cc2CC2=CNC(N)C(=C2)C2(CCCCC2)SSC1. The molecule has 2 unspecified atom stereocenters. The summed E-state index contributed by atoms with van der Waals surface area (Å²) >= 11 is 0. The number of nitrogens with one attached hydrogen (secondary N) is 1. The number of methoxy groups -OCH3 is 1. The molecular formula is C30H40N2O4S2. The Hall–Kier alpha value is -2.16. The van der Waals surface area contributed by atoms with Crippen molar-refractivity contribution in [2.24, 2.45) is 11.7 Å². The van der Waals surface area contributed by atoms with Gasteiger partial charge in [0.2, 0.25) is 0 Å². The lowest BCUT2D eigenvalue weighted by Gasteiger charge is -2.42. The summed E-state index contributed by atoms with van der Waals surface area (Å²) < 4.78 is 5.31. The van der Waals surface area contributed by atoms with E-state index >= 15 is 0 Å². The second-order valence-electron chi connectivity index (χ2n) is 10.6. The van der Waals surface area contributed by atoms with Crippen LogP contribution in [0.25, 0.3) is 6.08 Å². The zero-order chi connectivity index (χ0) is 27.1. The average Bonchev–Trinajstić information content (AvgIpc) is 2.91. The number of carbonyl (C=O) groups is 2. The van der Waals surface area contributed by atoms with Crippen molar-refractivity contribution in [2.75, 3.05) is 12.9 Å². The van der Waals surface area contributed by atoms with Gasteiger partial charge in [-0.15, -0.1) is 0 Å². The van der Waals surface area contributed by atoms with Gasteiger partial charge < -0.3 is 20.9 Å². The first kappa shape index (κ1) is 28.8. The van der Waals surface area contributed by atoms with E-state index in [9.17, 15) is 14.7 Å². The van der Waals surface area contributed by atoms with E-state index in [4.69, 9.17) is 10.5 Å². The van der Waals surface area contributed by atoms with Gasteiger partial charge in [0.25, 0.3) is 0 Å². The quantitative estimate of drug-likeness (QED) is 0.297. The first-order valence-electron chi connectivity index (χ1n) is 13.7. The smallest absolute Gasteiger partial charge is 0.163 e. The molecule has 4 N–H and O–H groups in total. The Labute approximate surface area is 234 Å². The number of phenols is 1. The number of phenolic OH excluding ortho intramolecular Hbond substituents is 1. The van der Waals surface area contributed by atoms with Gasteiger partial charge in [-0.2, -0.15) is 0 Å². The fourth-order valence-electron chi connectivity index (χ4n) is 5.53. The zero-order valence-corrected chi connectivity index (χ0v) is 24.1. The second kappa shape index (κ2) is 13.3. The highest BCUT2D eigenvalue weighted by Crippen LogP contribution is 2.52.